The number of phenolic OH excluding ortho intramolecular Hbond substituents is 4. The second-order valence-electron chi connectivity index (χ2n) is 5.83. The molecule has 130 valence electrons. The van der Waals surface area contributed by atoms with E-state index in [4.69, 9.17) is 0 Å². The molecule has 0 saturated carbocycles. The Morgan fingerprint density at radius 2 is 0.808 bits per heavy atom. The summed E-state index contributed by atoms with van der Waals surface area (Å²) in [6.07, 6.45) is 7.52. The minimum absolute atomic E-state index is 0.144. The summed E-state index contributed by atoms with van der Waals surface area (Å²) in [4.78, 5) is 0. The Kier molecular flexibility index (Phi) is 4.94. The highest BCUT2D eigenvalue weighted by Gasteiger charge is 1.99. The van der Waals surface area contributed by atoms with Crippen molar-refractivity contribution in [2.45, 2.75) is 0 Å². The first kappa shape index (κ1) is 17.2. The van der Waals surface area contributed by atoms with Gasteiger partial charge in [-0.05, 0) is 52.6 Å². The molecule has 3 rings (SSSR count). The zero-order valence-corrected chi connectivity index (χ0v) is 13.9. The quantitative estimate of drug-likeness (QED) is 0.402. The van der Waals surface area contributed by atoms with Crippen molar-refractivity contribution in [1.82, 2.24) is 0 Å². The van der Waals surface area contributed by atoms with Gasteiger partial charge < -0.3 is 20.4 Å². The van der Waals surface area contributed by atoms with E-state index in [9.17, 15) is 20.4 Å². The van der Waals surface area contributed by atoms with Crippen LogP contribution < -0.4 is 0 Å². The number of aromatic hydroxyl groups is 4. The van der Waals surface area contributed by atoms with Crippen molar-refractivity contribution in [3.05, 3.63) is 82.9 Å². The van der Waals surface area contributed by atoms with E-state index in [-0.39, 0.29) is 23.0 Å². The minimum Gasteiger partial charge on any atom is -0.504 e. The number of hydrogen-bond donors (Lipinski definition) is 4. The summed E-state index contributed by atoms with van der Waals surface area (Å²) in [6.45, 7) is 0. The van der Waals surface area contributed by atoms with E-state index >= 15 is 0 Å². The van der Waals surface area contributed by atoms with Gasteiger partial charge in [0.2, 0.25) is 0 Å². The molecule has 0 amide bonds. The van der Waals surface area contributed by atoms with Gasteiger partial charge in [0.05, 0.1) is 0 Å². The molecule has 0 fully saturated rings. The van der Waals surface area contributed by atoms with E-state index in [1.807, 2.05) is 48.6 Å². The maximum Gasteiger partial charge on any atom is 0.157 e. The van der Waals surface area contributed by atoms with Gasteiger partial charge in [-0.15, -0.1) is 0 Å². The van der Waals surface area contributed by atoms with Gasteiger partial charge in [-0.1, -0.05) is 54.6 Å². The normalized spacial score (nSPS) is 11.4. The van der Waals surface area contributed by atoms with Crippen LogP contribution in [-0.4, -0.2) is 20.4 Å². The Hall–Kier alpha value is -3.66. The molecule has 4 N–H and O–H groups in total. The minimum atomic E-state index is -0.152. The summed E-state index contributed by atoms with van der Waals surface area (Å²) < 4.78 is 0. The van der Waals surface area contributed by atoms with Crippen LogP contribution in [0, 0.1) is 0 Å². The summed E-state index contributed by atoms with van der Waals surface area (Å²) in [5.74, 6) is -0.592. The zero-order valence-electron chi connectivity index (χ0n) is 13.9. The predicted molar refractivity (Wildman–Crippen MR) is 104 cm³/mol. The molecule has 0 radical (unpaired) electrons. The Bertz CT molecular complexity index is 910. The highest BCUT2D eigenvalue weighted by atomic mass is 16.3. The van der Waals surface area contributed by atoms with Crippen LogP contribution in [0.2, 0.25) is 0 Å². The third kappa shape index (κ3) is 4.24. The van der Waals surface area contributed by atoms with Crippen LogP contribution in [0.5, 0.6) is 23.0 Å². The Morgan fingerprint density at radius 3 is 1.19 bits per heavy atom. The third-order valence-electron chi connectivity index (χ3n) is 3.85. The van der Waals surface area contributed by atoms with Crippen molar-refractivity contribution in [2.24, 2.45) is 0 Å². The Balaban J connectivity index is 1.77. The van der Waals surface area contributed by atoms with E-state index < -0.39 is 0 Å². The molecule has 0 aliphatic heterocycles. The lowest BCUT2D eigenvalue weighted by Gasteiger charge is -2.01. The van der Waals surface area contributed by atoms with Gasteiger partial charge in [-0.2, -0.15) is 0 Å². The molecule has 3 aromatic carbocycles. The molecule has 26 heavy (non-hydrogen) atoms. The van der Waals surface area contributed by atoms with Gasteiger partial charge in [0.1, 0.15) is 0 Å². The average Bonchev–Trinajstić information content (AvgIpc) is 2.64. The second kappa shape index (κ2) is 7.49. The number of hydrogen-bond acceptors (Lipinski definition) is 4. The van der Waals surface area contributed by atoms with Crippen molar-refractivity contribution in [1.29, 1.82) is 0 Å². The van der Waals surface area contributed by atoms with Crippen LogP contribution in [0.15, 0.2) is 60.7 Å². The van der Waals surface area contributed by atoms with Crippen molar-refractivity contribution in [2.75, 3.05) is 0 Å². The van der Waals surface area contributed by atoms with Gasteiger partial charge in [0.25, 0.3) is 0 Å². The summed E-state index contributed by atoms with van der Waals surface area (Å²) >= 11 is 0. The fourth-order valence-corrected chi connectivity index (χ4v) is 2.44. The van der Waals surface area contributed by atoms with Crippen LogP contribution in [0.25, 0.3) is 24.3 Å². The molecule has 0 atom stereocenters. The molecule has 0 aromatic heterocycles. The van der Waals surface area contributed by atoms with E-state index in [2.05, 4.69) is 0 Å². The maximum absolute atomic E-state index is 9.53. The standard InChI is InChI=1S/C22H18O4/c23-19-10-8-17(13-21(19)25)6-4-15-2-1-3-16(12-15)5-7-18-9-11-20(24)22(26)14-18/h1-14,23-26H. The lowest BCUT2D eigenvalue weighted by molar-refractivity contribution is 0.403. The first-order valence-electron chi connectivity index (χ1n) is 8.01. The van der Waals surface area contributed by atoms with Crippen molar-refractivity contribution in [3.63, 3.8) is 0 Å². The number of phenols is 4. The first-order valence-corrected chi connectivity index (χ1v) is 8.01. The van der Waals surface area contributed by atoms with E-state index in [0.717, 1.165) is 22.3 Å². The molecule has 0 aliphatic carbocycles. The molecular formula is C22H18O4. The van der Waals surface area contributed by atoms with Gasteiger partial charge in [0, 0.05) is 0 Å². The summed E-state index contributed by atoms with van der Waals surface area (Å²) in [5, 5.41) is 37.7. The fraction of sp³-hybridized carbons (Fsp3) is 0. The topological polar surface area (TPSA) is 80.9 Å². The molecular weight excluding hydrogens is 328 g/mol. The van der Waals surface area contributed by atoms with Crippen LogP contribution >= 0.6 is 0 Å². The lowest BCUT2D eigenvalue weighted by atomic mass is 10.1. The highest BCUT2D eigenvalue weighted by Crippen LogP contribution is 2.27. The third-order valence-corrected chi connectivity index (χ3v) is 3.85. The summed E-state index contributed by atoms with van der Waals surface area (Å²) in [5.41, 5.74) is 3.52. The van der Waals surface area contributed by atoms with Crippen LogP contribution in [0.1, 0.15) is 22.3 Å². The molecule has 3 aromatic rings. The molecule has 4 nitrogen and oxygen atoms in total. The maximum atomic E-state index is 9.53. The molecule has 0 aliphatic rings. The first-order chi connectivity index (χ1) is 12.5. The number of benzene rings is 3. The SMILES string of the molecule is Oc1ccc(C=Cc2cccc(C=Cc3ccc(O)c(O)c3)c2)cc1O. The monoisotopic (exact) mass is 346 g/mol. The summed E-state index contributed by atoms with van der Waals surface area (Å²) in [7, 11) is 0. The Morgan fingerprint density at radius 1 is 0.423 bits per heavy atom. The second-order valence-corrected chi connectivity index (χ2v) is 5.83. The smallest absolute Gasteiger partial charge is 0.157 e. The molecule has 0 saturated heterocycles. The molecule has 0 unspecified atom stereocenters. The predicted octanol–water partition coefficient (Wildman–Crippen LogP) is 4.85. The van der Waals surface area contributed by atoms with E-state index in [1.165, 1.54) is 24.3 Å². The average molecular weight is 346 g/mol. The molecule has 0 heterocycles. The van der Waals surface area contributed by atoms with E-state index in [1.54, 1.807) is 12.1 Å². The van der Waals surface area contributed by atoms with E-state index in [0.29, 0.717) is 0 Å². The van der Waals surface area contributed by atoms with Crippen molar-refractivity contribution < 1.29 is 20.4 Å². The van der Waals surface area contributed by atoms with Crippen molar-refractivity contribution in [3.8, 4) is 23.0 Å². The lowest BCUT2D eigenvalue weighted by Crippen LogP contribution is -1.78. The highest BCUT2D eigenvalue weighted by molar-refractivity contribution is 5.75. The van der Waals surface area contributed by atoms with Crippen LogP contribution in [0.3, 0.4) is 0 Å². The fourth-order valence-electron chi connectivity index (χ4n) is 2.44. The molecule has 0 spiro atoms. The van der Waals surface area contributed by atoms with Crippen LogP contribution in [0.4, 0.5) is 0 Å². The van der Waals surface area contributed by atoms with Crippen molar-refractivity contribution >= 4 is 24.3 Å². The molecule has 4 heteroatoms. The van der Waals surface area contributed by atoms with Gasteiger partial charge in [0.15, 0.2) is 23.0 Å². The number of rotatable bonds is 4. The largest absolute Gasteiger partial charge is 0.504 e. The van der Waals surface area contributed by atoms with Gasteiger partial charge in [-0.3, -0.25) is 0 Å². The van der Waals surface area contributed by atoms with Gasteiger partial charge in [-0.25, -0.2) is 0 Å². The Labute approximate surface area is 151 Å². The zero-order chi connectivity index (χ0) is 18.5. The molecule has 0 bridgehead atoms. The summed E-state index contributed by atoms with van der Waals surface area (Å²) in [6, 6.07) is 17.2. The van der Waals surface area contributed by atoms with Gasteiger partial charge >= 0.3 is 0 Å². The van der Waals surface area contributed by atoms with Crippen LogP contribution in [-0.2, 0) is 0 Å².